The average molecular weight is 408 g/mol. The van der Waals surface area contributed by atoms with Crippen LogP contribution < -0.4 is 5.32 Å². The molecule has 7 heteroatoms. The number of amides is 1. The molecule has 162 valence electrons. The second-order valence-corrected chi connectivity index (χ2v) is 10.0. The van der Waals surface area contributed by atoms with Crippen molar-refractivity contribution in [1.29, 1.82) is 0 Å². The summed E-state index contributed by atoms with van der Waals surface area (Å²) in [5.74, 6) is -1.45. The van der Waals surface area contributed by atoms with E-state index in [1.807, 2.05) is 20.8 Å². The molecule has 1 saturated carbocycles. The monoisotopic (exact) mass is 407 g/mol. The molecule has 0 unspecified atom stereocenters. The van der Waals surface area contributed by atoms with E-state index in [-0.39, 0.29) is 35.3 Å². The third-order valence-corrected chi connectivity index (χ3v) is 7.45. The highest BCUT2D eigenvalue weighted by molar-refractivity contribution is 5.94. The molecule has 7 nitrogen and oxygen atoms in total. The maximum absolute atomic E-state index is 13.0. The Balaban J connectivity index is 1.97. The van der Waals surface area contributed by atoms with Gasteiger partial charge in [0.2, 0.25) is 5.91 Å². The van der Waals surface area contributed by atoms with Crippen molar-refractivity contribution in [3.8, 4) is 0 Å². The van der Waals surface area contributed by atoms with Crippen LogP contribution in [0.3, 0.4) is 0 Å². The molecule has 1 amide bonds. The van der Waals surface area contributed by atoms with Crippen molar-refractivity contribution in [3.05, 3.63) is 11.6 Å². The molecule has 0 aromatic rings. The zero-order valence-electron chi connectivity index (χ0n) is 18.2. The Kier molecular flexibility index (Phi) is 5.35. The fourth-order valence-corrected chi connectivity index (χ4v) is 5.67. The third-order valence-electron chi connectivity index (χ3n) is 7.45. The molecule has 0 radical (unpaired) electrons. The van der Waals surface area contributed by atoms with Crippen LogP contribution in [-0.2, 0) is 23.9 Å². The summed E-state index contributed by atoms with van der Waals surface area (Å²) in [4.78, 5) is 36.8. The minimum Gasteiger partial charge on any atom is -0.460 e. The summed E-state index contributed by atoms with van der Waals surface area (Å²) in [6, 6.07) is -0.765. The van der Waals surface area contributed by atoms with Gasteiger partial charge in [0.15, 0.2) is 0 Å². The highest BCUT2D eigenvalue weighted by Crippen LogP contribution is 2.63. The van der Waals surface area contributed by atoms with Gasteiger partial charge in [-0.05, 0) is 36.5 Å². The fourth-order valence-electron chi connectivity index (χ4n) is 5.67. The molecule has 2 N–H and O–H groups in total. The maximum Gasteiger partial charge on any atom is 0.336 e. The topological polar surface area (TPSA) is 102 Å². The highest BCUT2D eigenvalue weighted by atomic mass is 16.6. The lowest BCUT2D eigenvalue weighted by Crippen LogP contribution is -2.66. The van der Waals surface area contributed by atoms with Crippen molar-refractivity contribution in [3.63, 3.8) is 0 Å². The van der Waals surface area contributed by atoms with Crippen LogP contribution in [0.2, 0.25) is 0 Å². The van der Waals surface area contributed by atoms with Gasteiger partial charge in [-0.1, -0.05) is 40.7 Å². The molecule has 0 aromatic heterocycles. The van der Waals surface area contributed by atoms with E-state index in [0.717, 1.165) is 6.42 Å². The normalized spacial score (nSPS) is 36.4. The number of nitrogens with one attached hydrogen (secondary N) is 1. The van der Waals surface area contributed by atoms with E-state index < -0.39 is 35.1 Å². The van der Waals surface area contributed by atoms with E-state index in [2.05, 4.69) is 19.2 Å². The summed E-state index contributed by atoms with van der Waals surface area (Å²) in [5, 5.41) is 14.3. The van der Waals surface area contributed by atoms with Crippen LogP contribution in [0.25, 0.3) is 0 Å². The Hall–Kier alpha value is -1.89. The molecule has 1 saturated heterocycles. The van der Waals surface area contributed by atoms with Crippen LogP contribution >= 0.6 is 0 Å². The van der Waals surface area contributed by atoms with Gasteiger partial charge in [0.25, 0.3) is 0 Å². The number of ether oxygens (including phenoxy) is 2. The summed E-state index contributed by atoms with van der Waals surface area (Å²) in [6.45, 7) is 11.1. The van der Waals surface area contributed by atoms with E-state index in [4.69, 9.17) is 9.47 Å². The van der Waals surface area contributed by atoms with Crippen molar-refractivity contribution < 1.29 is 29.0 Å². The van der Waals surface area contributed by atoms with Crippen LogP contribution in [0.4, 0.5) is 0 Å². The van der Waals surface area contributed by atoms with Crippen LogP contribution in [-0.4, -0.2) is 47.3 Å². The number of esters is 2. The predicted octanol–water partition coefficient (Wildman–Crippen LogP) is 2.12. The van der Waals surface area contributed by atoms with E-state index in [0.29, 0.717) is 12.8 Å². The van der Waals surface area contributed by atoms with Crippen molar-refractivity contribution >= 4 is 17.8 Å². The van der Waals surface area contributed by atoms with Crippen molar-refractivity contribution in [2.45, 2.75) is 78.6 Å². The van der Waals surface area contributed by atoms with Crippen LogP contribution in [0.15, 0.2) is 11.6 Å². The zero-order chi connectivity index (χ0) is 21.8. The van der Waals surface area contributed by atoms with Gasteiger partial charge in [0.1, 0.15) is 24.4 Å². The number of rotatable bonds is 4. The molecule has 1 heterocycles. The highest BCUT2D eigenvalue weighted by Gasteiger charge is 2.69. The second kappa shape index (κ2) is 7.11. The quantitative estimate of drug-likeness (QED) is 0.692. The zero-order valence-corrected chi connectivity index (χ0v) is 18.2. The van der Waals surface area contributed by atoms with Gasteiger partial charge in [-0.25, -0.2) is 9.59 Å². The van der Waals surface area contributed by atoms with Gasteiger partial charge in [0.05, 0.1) is 5.57 Å². The minimum atomic E-state index is -1.50. The summed E-state index contributed by atoms with van der Waals surface area (Å²) in [5.41, 5.74) is -2.21. The lowest BCUT2D eigenvalue weighted by atomic mass is 9.46. The van der Waals surface area contributed by atoms with Gasteiger partial charge in [0, 0.05) is 12.3 Å². The first-order chi connectivity index (χ1) is 13.3. The Labute approximate surface area is 172 Å². The summed E-state index contributed by atoms with van der Waals surface area (Å²) >= 11 is 0. The van der Waals surface area contributed by atoms with Gasteiger partial charge in [-0.15, -0.1) is 0 Å². The van der Waals surface area contributed by atoms with Crippen molar-refractivity contribution in [2.24, 2.45) is 22.7 Å². The lowest BCUT2D eigenvalue weighted by molar-refractivity contribution is -0.217. The maximum atomic E-state index is 13.0. The van der Waals surface area contributed by atoms with E-state index >= 15 is 0 Å². The largest absolute Gasteiger partial charge is 0.460 e. The Morgan fingerprint density at radius 1 is 1.31 bits per heavy atom. The molecule has 0 aromatic carbocycles. The number of carbonyl (C=O) groups excluding carboxylic acids is 3. The Morgan fingerprint density at radius 3 is 2.55 bits per heavy atom. The summed E-state index contributed by atoms with van der Waals surface area (Å²) in [6.07, 6.45) is 3.21. The molecule has 3 aliphatic rings. The summed E-state index contributed by atoms with van der Waals surface area (Å²) in [7, 11) is 0. The number of hydrogen-bond acceptors (Lipinski definition) is 6. The van der Waals surface area contributed by atoms with Gasteiger partial charge in [-0.2, -0.15) is 0 Å². The number of hydrogen-bond donors (Lipinski definition) is 2. The van der Waals surface area contributed by atoms with Crippen LogP contribution in [0.5, 0.6) is 0 Å². The van der Waals surface area contributed by atoms with Crippen LogP contribution in [0, 0.1) is 22.7 Å². The van der Waals surface area contributed by atoms with Gasteiger partial charge < -0.3 is 19.9 Å². The number of cyclic esters (lactones) is 1. The van der Waals surface area contributed by atoms with Crippen molar-refractivity contribution in [1.82, 2.24) is 5.32 Å². The van der Waals surface area contributed by atoms with E-state index in [1.165, 1.54) is 6.92 Å². The third kappa shape index (κ3) is 3.27. The molecular weight excluding hydrogens is 374 g/mol. The molecule has 1 aliphatic heterocycles. The number of fused-ring (bicyclic) bond motifs is 3. The van der Waals surface area contributed by atoms with E-state index in [9.17, 15) is 19.5 Å². The predicted molar refractivity (Wildman–Crippen MR) is 106 cm³/mol. The lowest BCUT2D eigenvalue weighted by Gasteiger charge is -2.60. The fraction of sp³-hybridized carbons (Fsp3) is 0.773. The molecule has 0 spiro atoms. The Morgan fingerprint density at radius 2 is 1.97 bits per heavy atom. The summed E-state index contributed by atoms with van der Waals surface area (Å²) < 4.78 is 11.2. The molecule has 2 fully saturated rings. The SMILES string of the molecule is CC(=O)N[C@H](C(=O)O[C@H]1CCC(C)(C)[C@H]2CC=C3C(=O)OC[C@@]3(O)[C@]12C)C(C)C. The molecule has 29 heavy (non-hydrogen) atoms. The number of carbonyl (C=O) groups is 3. The number of allylic oxidation sites excluding steroid dienone is 1. The standard InChI is InChI=1S/C22H33NO6/c1-12(2)17(23-13(3)24)19(26)29-16-9-10-20(4,5)15-8-7-14-18(25)28-11-22(14,27)21(15,16)6/h7,12,15-17,27H,8-11H2,1-6H3,(H,23,24)/t15-,16+,17+,21+,22+/m1/s1. The number of aliphatic hydroxyl groups is 1. The molecule has 5 atom stereocenters. The van der Waals surface area contributed by atoms with Crippen molar-refractivity contribution in [2.75, 3.05) is 6.61 Å². The molecule has 2 aliphatic carbocycles. The molecular formula is C22H33NO6. The first-order valence-corrected chi connectivity index (χ1v) is 10.4. The first kappa shape index (κ1) is 21.8. The van der Waals surface area contributed by atoms with Crippen LogP contribution in [0.1, 0.15) is 60.8 Å². The van der Waals surface area contributed by atoms with Gasteiger partial charge >= 0.3 is 11.9 Å². The Bertz CT molecular complexity index is 756. The van der Waals surface area contributed by atoms with Gasteiger partial charge in [-0.3, -0.25) is 4.79 Å². The first-order valence-electron chi connectivity index (χ1n) is 10.4. The smallest absolute Gasteiger partial charge is 0.336 e. The van der Waals surface area contributed by atoms with E-state index in [1.54, 1.807) is 6.08 Å². The molecule has 3 rings (SSSR count). The minimum absolute atomic E-state index is 0.00284. The molecule has 0 bridgehead atoms. The second-order valence-electron chi connectivity index (χ2n) is 10.0. The average Bonchev–Trinajstić information content (AvgIpc) is 2.91.